The molecule has 102 valence electrons. The lowest BCUT2D eigenvalue weighted by Gasteiger charge is -2.07. The Morgan fingerprint density at radius 2 is 2.11 bits per heavy atom. The van der Waals surface area contributed by atoms with Crippen LogP contribution >= 0.6 is 11.8 Å². The van der Waals surface area contributed by atoms with Gasteiger partial charge in [-0.15, -0.1) is 10.2 Å². The van der Waals surface area contributed by atoms with E-state index in [1.807, 2.05) is 23.3 Å². The first-order chi connectivity index (χ1) is 8.70. The molecule has 0 atom stereocenters. The predicted molar refractivity (Wildman–Crippen MR) is 72.9 cm³/mol. The molecule has 0 spiro atoms. The number of hydrogen-bond acceptors (Lipinski definition) is 5. The minimum atomic E-state index is -0.387. The maximum Gasteiger partial charge on any atom is 0.376 e. The third kappa shape index (κ3) is 4.33. The quantitative estimate of drug-likeness (QED) is 0.536. The van der Waals surface area contributed by atoms with E-state index >= 15 is 0 Å². The van der Waals surface area contributed by atoms with Gasteiger partial charge < -0.3 is 9.30 Å². The second kappa shape index (κ2) is 8.13. The summed E-state index contributed by atoms with van der Waals surface area (Å²) < 4.78 is 6.81. The third-order valence-electron chi connectivity index (χ3n) is 2.62. The molecule has 1 aromatic rings. The van der Waals surface area contributed by atoms with Gasteiger partial charge in [0.2, 0.25) is 5.82 Å². The SMILES string of the molecule is CCOC(=O)c1nnc(C)n1CCCCCSC. The Bertz CT molecular complexity index is 379. The first kappa shape index (κ1) is 15.0. The van der Waals surface area contributed by atoms with Crippen molar-refractivity contribution in [3.63, 3.8) is 0 Å². The molecule has 0 bridgehead atoms. The zero-order chi connectivity index (χ0) is 13.4. The summed E-state index contributed by atoms with van der Waals surface area (Å²) >= 11 is 1.86. The lowest BCUT2D eigenvalue weighted by atomic mass is 10.2. The highest BCUT2D eigenvalue weighted by atomic mass is 32.2. The smallest absolute Gasteiger partial charge is 0.376 e. The number of hydrogen-bond donors (Lipinski definition) is 0. The van der Waals surface area contributed by atoms with E-state index in [4.69, 9.17) is 4.74 Å². The Morgan fingerprint density at radius 1 is 1.33 bits per heavy atom. The van der Waals surface area contributed by atoms with Crippen LogP contribution in [0.4, 0.5) is 0 Å². The van der Waals surface area contributed by atoms with Crippen molar-refractivity contribution in [3.8, 4) is 0 Å². The second-order valence-electron chi connectivity index (χ2n) is 4.00. The Balaban J connectivity index is 2.53. The van der Waals surface area contributed by atoms with Crippen molar-refractivity contribution in [2.45, 2.75) is 39.7 Å². The van der Waals surface area contributed by atoms with Gasteiger partial charge in [0.15, 0.2) is 0 Å². The molecule has 1 rings (SSSR count). The summed E-state index contributed by atoms with van der Waals surface area (Å²) in [6, 6.07) is 0. The minimum Gasteiger partial charge on any atom is -0.460 e. The maximum absolute atomic E-state index is 11.7. The van der Waals surface area contributed by atoms with E-state index in [1.165, 1.54) is 12.2 Å². The van der Waals surface area contributed by atoms with Crippen LogP contribution in [-0.2, 0) is 11.3 Å². The molecule has 18 heavy (non-hydrogen) atoms. The van der Waals surface area contributed by atoms with Gasteiger partial charge in [-0.3, -0.25) is 0 Å². The molecule has 5 nitrogen and oxygen atoms in total. The predicted octanol–water partition coefficient (Wildman–Crippen LogP) is 2.30. The van der Waals surface area contributed by atoms with E-state index in [0.29, 0.717) is 12.4 Å². The number of unbranched alkanes of at least 4 members (excludes halogenated alkanes) is 2. The number of thioether (sulfide) groups is 1. The molecule has 0 aliphatic carbocycles. The number of esters is 1. The number of carbonyl (C=O) groups excluding carboxylic acids is 1. The van der Waals surface area contributed by atoms with Crippen molar-refractivity contribution in [2.24, 2.45) is 0 Å². The average molecular weight is 271 g/mol. The molecule has 0 unspecified atom stereocenters. The van der Waals surface area contributed by atoms with E-state index < -0.39 is 0 Å². The highest BCUT2D eigenvalue weighted by Crippen LogP contribution is 2.08. The number of aryl methyl sites for hydroxylation is 1. The summed E-state index contributed by atoms with van der Waals surface area (Å²) in [5.74, 6) is 1.88. The van der Waals surface area contributed by atoms with Gasteiger partial charge in [-0.25, -0.2) is 4.79 Å². The summed E-state index contributed by atoms with van der Waals surface area (Å²) in [7, 11) is 0. The third-order valence-corrected chi connectivity index (χ3v) is 3.32. The van der Waals surface area contributed by atoms with Crippen molar-refractivity contribution in [1.29, 1.82) is 0 Å². The van der Waals surface area contributed by atoms with Gasteiger partial charge in [0.1, 0.15) is 5.82 Å². The fourth-order valence-electron chi connectivity index (χ4n) is 1.69. The van der Waals surface area contributed by atoms with E-state index in [-0.39, 0.29) is 5.97 Å². The fourth-order valence-corrected chi connectivity index (χ4v) is 2.18. The van der Waals surface area contributed by atoms with E-state index in [0.717, 1.165) is 25.2 Å². The molecule has 0 radical (unpaired) electrons. The summed E-state index contributed by atoms with van der Waals surface area (Å²) in [4.78, 5) is 11.7. The van der Waals surface area contributed by atoms with Gasteiger partial charge in [0.25, 0.3) is 0 Å². The Labute approximate surface area is 112 Å². The molecule has 0 aromatic carbocycles. The van der Waals surface area contributed by atoms with Gasteiger partial charge >= 0.3 is 5.97 Å². The molecule has 0 saturated carbocycles. The number of aromatic nitrogens is 3. The van der Waals surface area contributed by atoms with E-state index in [9.17, 15) is 4.79 Å². The summed E-state index contributed by atoms with van der Waals surface area (Å²) in [5, 5.41) is 7.83. The molecule has 6 heteroatoms. The van der Waals surface area contributed by atoms with Crippen molar-refractivity contribution in [3.05, 3.63) is 11.6 Å². The van der Waals surface area contributed by atoms with Crippen molar-refractivity contribution in [2.75, 3.05) is 18.6 Å². The molecule has 1 aromatic heterocycles. The van der Waals surface area contributed by atoms with Gasteiger partial charge in [0.05, 0.1) is 6.61 Å². The van der Waals surface area contributed by atoms with E-state index in [2.05, 4.69) is 16.5 Å². The number of rotatable bonds is 8. The van der Waals surface area contributed by atoms with Crippen LogP contribution < -0.4 is 0 Å². The lowest BCUT2D eigenvalue weighted by molar-refractivity contribution is 0.0505. The number of ether oxygens (including phenoxy) is 1. The summed E-state index contributed by atoms with van der Waals surface area (Å²) in [5.41, 5.74) is 0. The minimum absolute atomic E-state index is 0.319. The number of nitrogens with zero attached hydrogens (tertiary/aromatic N) is 3. The van der Waals surface area contributed by atoms with Crippen LogP contribution in [-0.4, -0.2) is 39.3 Å². The second-order valence-corrected chi connectivity index (χ2v) is 4.98. The Hall–Kier alpha value is -1.04. The molecule has 0 aliphatic heterocycles. The van der Waals surface area contributed by atoms with Crippen LogP contribution in [0.25, 0.3) is 0 Å². The Kier molecular flexibility index (Phi) is 6.78. The highest BCUT2D eigenvalue weighted by molar-refractivity contribution is 7.98. The molecule has 0 aliphatic rings. The lowest BCUT2D eigenvalue weighted by Crippen LogP contribution is -2.14. The van der Waals surface area contributed by atoms with Gasteiger partial charge in [-0.2, -0.15) is 11.8 Å². The molecule has 0 N–H and O–H groups in total. The van der Waals surface area contributed by atoms with E-state index in [1.54, 1.807) is 6.92 Å². The molecule has 0 saturated heterocycles. The molecule has 1 heterocycles. The topological polar surface area (TPSA) is 57.0 Å². The molecule has 0 fully saturated rings. The first-order valence-electron chi connectivity index (χ1n) is 6.26. The van der Waals surface area contributed by atoms with Crippen molar-refractivity contribution in [1.82, 2.24) is 14.8 Å². The summed E-state index contributed by atoms with van der Waals surface area (Å²) in [6.07, 6.45) is 5.51. The average Bonchev–Trinajstić information content (AvgIpc) is 2.71. The summed E-state index contributed by atoms with van der Waals surface area (Å²) in [6.45, 7) is 4.78. The van der Waals surface area contributed by atoms with Gasteiger partial charge in [-0.1, -0.05) is 6.42 Å². The normalized spacial score (nSPS) is 10.6. The van der Waals surface area contributed by atoms with Crippen LogP contribution in [0.3, 0.4) is 0 Å². The maximum atomic E-state index is 11.7. The first-order valence-corrected chi connectivity index (χ1v) is 7.66. The largest absolute Gasteiger partial charge is 0.460 e. The van der Waals surface area contributed by atoms with Crippen LogP contribution in [0.2, 0.25) is 0 Å². The van der Waals surface area contributed by atoms with Gasteiger partial charge in [-0.05, 0) is 38.7 Å². The molecule has 0 amide bonds. The van der Waals surface area contributed by atoms with Crippen LogP contribution in [0.15, 0.2) is 0 Å². The monoisotopic (exact) mass is 271 g/mol. The highest BCUT2D eigenvalue weighted by Gasteiger charge is 2.17. The molecular weight excluding hydrogens is 250 g/mol. The van der Waals surface area contributed by atoms with Crippen molar-refractivity contribution >= 4 is 17.7 Å². The van der Waals surface area contributed by atoms with Crippen molar-refractivity contribution < 1.29 is 9.53 Å². The van der Waals surface area contributed by atoms with Crippen LogP contribution in [0.1, 0.15) is 42.6 Å². The van der Waals surface area contributed by atoms with Crippen LogP contribution in [0.5, 0.6) is 0 Å². The zero-order valence-corrected chi connectivity index (χ0v) is 12.1. The molecular formula is C12H21N3O2S. The number of carbonyl (C=O) groups is 1. The zero-order valence-electron chi connectivity index (χ0n) is 11.3. The standard InChI is InChI=1S/C12H21N3O2S/c1-4-17-12(16)11-14-13-10(2)15(11)8-6-5-7-9-18-3/h4-9H2,1-3H3. The van der Waals surface area contributed by atoms with Gasteiger partial charge in [0, 0.05) is 6.54 Å². The Morgan fingerprint density at radius 3 is 2.78 bits per heavy atom. The fraction of sp³-hybridized carbons (Fsp3) is 0.750. The van der Waals surface area contributed by atoms with Crippen LogP contribution in [0, 0.1) is 6.92 Å².